The number of amides is 1. The van der Waals surface area contributed by atoms with Crippen LogP contribution in [-0.2, 0) is 0 Å². The Morgan fingerprint density at radius 2 is 1.95 bits per heavy atom. The molecule has 0 radical (unpaired) electrons. The number of halogens is 2. The van der Waals surface area contributed by atoms with Gasteiger partial charge in [-0.3, -0.25) is 4.79 Å². The minimum atomic E-state index is -0.855. The van der Waals surface area contributed by atoms with Gasteiger partial charge in [0.2, 0.25) is 0 Å². The zero-order chi connectivity index (χ0) is 14.0. The van der Waals surface area contributed by atoms with Crippen molar-refractivity contribution in [3.05, 3.63) is 59.2 Å². The van der Waals surface area contributed by atoms with Crippen LogP contribution in [-0.4, -0.2) is 11.0 Å². The van der Waals surface area contributed by atoms with Crippen LogP contribution in [0.25, 0.3) is 0 Å². The summed E-state index contributed by atoms with van der Waals surface area (Å²) in [5.74, 6) is -2.17. The third-order valence-electron chi connectivity index (χ3n) is 2.73. The second-order valence-electron chi connectivity index (χ2n) is 4.03. The zero-order valence-corrected chi connectivity index (χ0v) is 10.1. The fourth-order valence-electron chi connectivity index (χ4n) is 1.65. The topological polar surface area (TPSA) is 49.3 Å². The first-order valence-electron chi connectivity index (χ1n) is 5.54. The van der Waals surface area contributed by atoms with Crippen molar-refractivity contribution in [2.75, 3.05) is 5.32 Å². The minimum absolute atomic E-state index is 0.0211. The van der Waals surface area contributed by atoms with Crippen molar-refractivity contribution in [3.8, 4) is 5.75 Å². The number of aromatic hydroxyl groups is 1. The Kier molecular flexibility index (Phi) is 3.46. The van der Waals surface area contributed by atoms with Crippen molar-refractivity contribution in [2.45, 2.75) is 6.92 Å². The van der Waals surface area contributed by atoms with E-state index in [2.05, 4.69) is 5.32 Å². The molecule has 98 valence electrons. The molecule has 0 aliphatic rings. The van der Waals surface area contributed by atoms with Crippen LogP contribution in [0.4, 0.5) is 14.5 Å². The fourth-order valence-corrected chi connectivity index (χ4v) is 1.65. The number of phenols is 1. The Balaban J connectivity index is 2.28. The van der Waals surface area contributed by atoms with E-state index in [4.69, 9.17) is 0 Å². The van der Waals surface area contributed by atoms with Gasteiger partial charge < -0.3 is 10.4 Å². The Morgan fingerprint density at radius 3 is 2.63 bits per heavy atom. The van der Waals surface area contributed by atoms with Crippen LogP contribution in [0.15, 0.2) is 36.4 Å². The summed E-state index contributed by atoms with van der Waals surface area (Å²) in [6.45, 7) is 1.57. The Labute approximate surface area is 108 Å². The standard InChI is InChI=1S/C14H11F2NO2/c1-8-10(3-2-4-13(8)18)14(19)17-12-6-5-9(15)7-11(12)16/h2-7,18H,1H3,(H,17,19). The maximum atomic E-state index is 13.4. The summed E-state index contributed by atoms with van der Waals surface area (Å²) >= 11 is 0. The predicted molar refractivity (Wildman–Crippen MR) is 67.2 cm³/mol. The van der Waals surface area contributed by atoms with Crippen LogP contribution in [0.5, 0.6) is 5.75 Å². The molecular formula is C14H11F2NO2. The number of hydrogen-bond acceptors (Lipinski definition) is 2. The first-order chi connectivity index (χ1) is 8.99. The molecule has 3 nitrogen and oxygen atoms in total. The molecule has 0 fully saturated rings. The van der Waals surface area contributed by atoms with Crippen molar-refractivity contribution in [2.24, 2.45) is 0 Å². The third-order valence-corrected chi connectivity index (χ3v) is 2.73. The van der Waals surface area contributed by atoms with Gasteiger partial charge in [-0.2, -0.15) is 0 Å². The lowest BCUT2D eigenvalue weighted by molar-refractivity contribution is 0.102. The van der Waals surface area contributed by atoms with Crippen LogP contribution < -0.4 is 5.32 Å². The molecular weight excluding hydrogens is 252 g/mol. The van der Waals surface area contributed by atoms with Crippen molar-refractivity contribution in [3.63, 3.8) is 0 Å². The summed E-state index contributed by atoms with van der Waals surface area (Å²) in [5, 5.41) is 11.8. The maximum Gasteiger partial charge on any atom is 0.256 e. The van der Waals surface area contributed by atoms with Gasteiger partial charge in [0, 0.05) is 17.2 Å². The van der Waals surface area contributed by atoms with Gasteiger partial charge in [0.1, 0.15) is 17.4 Å². The van der Waals surface area contributed by atoms with E-state index in [1.807, 2.05) is 0 Å². The highest BCUT2D eigenvalue weighted by Gasteiger charge is 2.13. The van der Waals surface area contributed by atoms with Gasteiger partial charge in [0.05, 0.1) is 5.69 Å². The van der Waals surface area contributed by atoms with Gasteiger partial charge in [0.25, 0.3) is 5.91 Å². The average molecular weight is 263 g/mol. The van der Waals surface area contributed by atoms with Gasteiger partial charge in [-0.1, -0.05) is 6.07 Å². The third kappa shape index (κ3) is 2.70. The summed E-state index contributed by atoms with van der Waals surface area (Å²) in [6.07, 6.45) is 0. The van der Waals surface area contributed by atoms with E-state index in [9.17, 15) is 18.7 Å². The lowest BCUT2D eigenvalue weighted by Crippen LogP contribution is -2.14. The summed E-state index contributed by atoms with van der Waals surface area (Å²) in [4.78, 5) is 11.9. The molecule has 0 unspecified atom stereocenters. The highest BCUT2D eigenvalue weighted by Crippen LogP contribution is 2.21. The highest BCUT2D eigenvalue weighted by atomic mass is 19.1. The number of hydrogen-bond donors (Lipinski definition) is 2. The summed E-state index contributed by atoms with van der Waals surface area (Å²) in [5.41, 5.74) is 0.500. The predicted octanol–water partition coefficient (Wildman–Crippen LogP) is 3.23. The van der Waals surface area contributed by atoms with E-state index in [0.717, 1.165) is 12.1 Å². The molecule has 2 N–H and O–H groups in total. The smallest absolute Gasteiger partial charge is 0.256 e. The molecule has 1 amide bonds. The first kappa shape index (κ1) is 13.0. The molecule has 0 bridgehead atoms. The summed E-state index contributed by atoms with van der Waals surface area (Å²) < 4.78 is 26.1. The number of carbonyl (C=O) groups excluding carboxylic acids is 1. The molecule has 0 aromatic heterocycles. The molecule has 0 saturated heterocycles. The van der Waals surface area contributed by atoms with E-state index in [-0.39, 0.29) is 17.0 Å². The van der Waals surface area contributed by atoms with Crippen LogP contribution >= 0.6 is 0 Å². The molecule has 0 atom stereocenters. The van der Waals surface area contributed by atoms with Gasteiger partial charge in [-0.05, 0) is 31.2 Å². The van der Waals surface area contributed by atoms with Crippen LogP contribution in [0, 0.1) is 18.6 Å². The average Bonchev–Trinajstić information content (AvgIpc) is 2.36. The number of nitrogens with one attached hydrogen (secondary N) is 1. The maximum absolute atomic E-state index is 13.4. The van der Waals surface area contributed by atoms with E-state index >= 15 is 0 Å². The molecule has 2 aromatic carbocycles. The molecule has 0 aliphatic carbocycles. The molecule has 0 spiro atoms. The Morgan fingerprint density at radius 1 is 1.21 bits per heavy atom. The van der Waals surface area contributed by atoms with Crippen molar-refractivity contribution < 1.29 is 18.7 Å². The van der Waals surface area contributed by atoms with E-state index in [0.29, 0.717) is 11.6 Å². The normalized spacial score (nSPS) is 10.3. The van der Waals surface area contributed by atoms with E-state index < -0.39 is 17.5 Å². The summed E-state index contributed by atoms with van der Waals surface area (Å²) in [7, 11) is 0. The van der Waals surface area contributed by atoms with Crippen molar-refractivity contribution in [1.29, 1.82) is 0 Å². The number of anilines is 1. The molecule has 19 heavy (non-hydrogen) atoms. The molecule has 2 aromatic rings. The quantitative estimate of drug-likeness (QED) is 0.873. The number of phenolic OH excluding ortho intramolecular Hbond substituents is 1. The molecule has 0 aliphatic heterocycles. The number of carbonyl (C=O) groups is 1. The second-order valence-corrected chi connectivity index (χ2v) is 4.03. The molecule has 0 saturated carbocycles. The largest absolute Gasteiger partial charge is 0.508 e. The zero-order valence-electron chi connectivity index (χ0n) is 10.1. The Bertz CT molecular complexity index is 641. The molecule has 2 rings (SSSR count). The van der Waals surface area contributed by atoms with E-state index in [1.54, 1.807) is 6.92 Å². The molecule has 0 heterocycles. The summed E-state index contributed by atoms with van der Waals surface area (Å²) in [6, 6.07) is 7.34. The van der Waals surface area contributed by atoms with Gasteiger partial charge in [-0.25, -0.2) is 8.78 Å². The highest BCUT2D eigenvalue weighted by molar-refractivity contribution is 6.05. The van der Waals surface area contributed by atoms with Gasteiger partial charge >= 0.3 is 0 Å². The monoisotopic (exact) mass is 263 g/mol. The van der Waals surface area contributed by atoms with Crippen molar-refractivity contribution in [1.82, 2.24) is 0 Å². The minimum Gasteiger partial charge on any atom is -0.508 e. The van der Waals surface area contributed by atoms with Gasteiger partial charge in [-0.15, -0.1) is 0 Å². The fraction of sp³-hybridized carbons (Fsp3) is 0.0714. The van der Waals surface area contributed by atoms with E-state index in [1.165, 1.54) is 18.2 Å². The Hall–Kier alpha value is -2.43. The lowest BCUT2D eigenvalue weighted by atomic mass is 10.1. The van der Waals surface area contributed by atoms with Crippen LogP contribution in [0.3, 0.4) is 0 Å². The van der Waals surface area contributed by atoms with Crippen LogP contribution in [0.2, 0.25) is 0 Å². The van der Waals surface area contributed by atoms with Gasteiger partial charge in [0.15, 0.2) is 0 Å². The number of rotatable bonds is 2. The second kappa shape index (κ2) is 5.06. The SMILES string of the molecule is Cc1c(O)cccc1C(=O)Nc1ccc(F)cc1F. The number of benzene rings is 2. The first-order valence-corrected chi connectivity index (χ1v) is 5.54. The van der Waals surface area contributed by atoms with Crippen LogP contribution in [0.1, 0.15) is 15.9 Å². The molecule has 5 heteroatoms. The van der Waals surface area contributed by atoms with Crippen molar-refractivity contribution >= 4 is 11.6 Å². The lowest BCUT2D eigenvalue weighted by Gasteiger charge is -2.09.